The molecule has 1 atom stereocenters. The summed E-state index contributed by atoms with van der Waals surface area (Å²) in [5.41, 5.74) is 0.847. The highest BCUT2D eigenvalue weighted by Crippen LogP contribution is 2.29. The van der Waals surface area contributed by atoms with Gasteiger partial charge in [0.1, 0.15) is 0 Å². The molecule has 0 heterocycles. The predicted molar refractivity (Wildman–Crippen MR) is 88.0 cm³/mol. The molecule has 0 spiro atoms. The third kappa shape index (κ3) is 3.58. The van der Waals surface area contributed by atoms with Gasteiger partial charge in [-0.25, -0.2) is 0 Å². The van der Waals surface area contributed by atoms with E-state index >= 15 is 0 Å². The number of hydrogen-bond donors (Lipinski definition) is 2. The second-order valence-electron chi connectivity index (χ2n) is 4.88. The summed E-state index contributed by atoms with van der Waals surface area (Å²) >= 11 is 3.53. The normalized spacial score (nSPS) is 12.3. The molecule has 1 unspecified atom stereocenters. The van der Waals surface area contributed by atoms with Crippen molar-refractivity contribution in [3.05, 3.63) is 40.9 Å². The van der Waals surface area contributed by atoms with E-state index in [4.69, 9.17) is 0 Å². The Kier molecular flexibility index (Phi) is 5.15. The van der Waals surface area contributed by atoms with Gasteiger partial charge in [-0.05, 0) is 30.9 Å². The number of carbonyl (C=O) groups excluding carboxylic acids is 1. The first-order chi connectivity index (χ1) is 9.61. The number of carbonyl (C=O) groups is 1. The van der Waals surface area contributed by atoms with Crippen LogP contribution in [0, 0.1) is 0 Å². The van der Waals surface area contributed by atoms with Crippen molar-refractivity contribution < 1.29 is 4.79 Å². The van der Waals surface area contributed by atoms with Gasteiger partial charge in [0, 0.05) is 21.6 Å². The average Bonchev–Trinajstić information content (AvgIpc) is 2.48. The van der Waals surface area contributed by atoms with E-state index in [9.17, 15) is 4.79 Å². The number of benzene rings is 2. The Bertz CT molecular complexity index is 612. The first kappa shape index (κ1) is 15.0. The molecule has 0 bridgehead atoms. The number of hydrogen-bond acceptors (Lipinski definition) is 2. The number of fused-ring (bicyclic) bond motifs is 1. The van der Waals surface area contributed by atoms with Gasteiger partial charge in [-0.3, -0.25) is 4.79 Å². The lowest BCUT2D eigenvalue weighted by Crippen LogP contribution is -2.34. The van der Waals surface area contributed by atoms with Crippen molar-refractivity contribution in [2.24, 2.45) is 0 Å². The van der Waals surface area contributed by atoms with Crippen molar-refractivity contribution in [3.8, 4) is 0 Å². The van der Waals surface area contributed by atoms with Gasteiger partial charge in [0.05, 0.1) is 6.54 Å². The standard InChI is InChI=1S/C16H19BrN2O/c1-3-11(2)18-10-16(20)19-15-9-8-14(17)12-6-4-5-7-13(12)15/h4-9,11,18H,3,10H2,1-2H3,(H,19,20). The minimum absolute atomic E-state index is 0.0159. The number of rotatable bonds is 5. The monoisotopic (exact) mass is 334 g/mol. The lowest BCUT2D eigenvalue weighted by Gasteiger charge is -2.13. The van der Waals surface area contributed by atoms with Gasteiger partial charge < -0.3 is 10.6 Å². The maximum atomic E-state index is 12.0. The van der Waals surface area contributed by atoms with E-state index in [1.165, 1.54) is 0 Å². The zero-order valence-electron chi connectivity index (χ0n) is 11.7. The van der Waals surface area contributed by atoms with Crippen molar-refractivity contribution in [2.45, 2.75) is 26.3 Å². The summed E-state index contributed by atoms with van der Waals surface area (Å²) in [5, 5.41) is 8.30. The van der Waals surface area contributed by atoms with Crippen LogP contribution >= 0.6 is 15.9 Å². The fourth-order valence-electron chi connectivity index (χ4n) is 1.98. The van der Waals surface area contributed by atoms with Crippen LogP contribution in [0.4, 0.5) is 5.69 Å². The molecular weight excluding hydrogens is 316 g/mol. The van der Waals surface area contributed by atoms with E-state index in [0.29, 0.717) is 12.6 Å². The van der Waals surface area contributed by atoms with Gasteiger partial charge in [-0.15, -0.1) is 0 Å². The fourth-order valence-corrected chi connectivity index (χ4v) is 2.45. The first-order valence-corrected chi connectivity index (χ1v) is 7.61. The lowest BCUT2D eigenvalue weighted by atomic mass is 10.1. The van der Waals surface area contributed by atoms with E-state index in [0.717, 1.165) is 27.4 Å². The largest absolute Gasteiger partial charge is 0.324 e. The van der Waals surface area contributed by atoms with Crippen LogP contribution < -0.4 is 10.6 Å². The number of halogens is 1. The van der Waals surface area contributed by atoms with Crippen LogP contribution in [0.25, 0.3) is 10.8 Å². The Morgan fingerprint density at radius 1 is 1.20 bits per heavy atom. The quantitative estimate of drug-likeness (QED) is 0.869. The predicted octanol–water partition coefficient (Wildman–Crippen LogP) is 3.93. The number of anilines is 1. The van der Waals surface area contributed by atoms with E-state index in [2.05, 4.69) is 40.4 Å². The molecule has 0 radical (unpaired) electrons. The molecule has 1 amide bonds. The summed E-state index contributed by atoms with van der Waals surface area (Å²) in [6.45, 7) is 4.50. The molecule has 0 aromatic heterocycles. The Morgan fingerprint density at radius 2 is 1.90 bits per heavy atom. The van der Waals surface area contributed by atoms with Crippen molar-refractivity contribution in [2.75, 3.05) is 11.9 Å². The molecule has 2 aromatic carbocycles. The lowest BCUT2D eigenvalue weighted by molar-refractivity contribution is -0.115. The van der Waals surface area contributed by atoms with Gasteiger partial charge >= 0.3 is 0 Å². The molecular formula is C16H19BrN2O. The molecule has 2 aromatic rings. The van der Waals surface area contributed by atoms with Crippen LogP contribution in [0.3, 0.4) is 0 Å². The number of nitrogens with one attached hydrogen (secondary N) is 2. The Balaban J connectivity index is 2.14. The Morgan fingerprint density at radius 3 is 2.60 bits per heavy atom. The van der Waals surface area contributed by atoms with Crippen molar-refractivity contribution in [1.29, 1.82) is 0 Å². The highest BCUT2D eigenvalue weighted by Gasteiger charge is 2.08. The maximum absolute atomic E-state index is 12.0. The molecule has 20 heavy (non-hydrogen) atoms. The van der Waals surface area contributed by atoms with Crippen LogP contribution in [-0.4, -0.2) is 18.5 Å². The van der Waals surface area contributed by atoms with Crippen molar-refractivity contribution in [3.63, 3.8) is 0 Å². The molecule has 0 aliphatic rings. The molecule has 2 rings (SSSR count). The third-order valence-corrected chi connectivity index (χ3v) is 4.06. The molecule has 0 aliphatic heterocycles. The van der Waals surface area contributed by atoms with E-state index in [-0.39, 0.29) is 5.91 Å². The molecule has 0 fully saturated rings. The summed E-state index contributed by atoms with van der Waals surface area (Å²) < 4.78 is 1.03. The zero-order valence-corrected chi connectivity index (χ0v) is 13.3. The molecule has 2 N–H and O–H groups in total. The van der Waals surface area contributed by atoms with Gasteiger partial charge in [-0.1, -0.05) is 47.1 Å². The molecule has 106 valence electrons. The minimum atomic E-state index is -0.0159. The molecule has 3 nitrogen and oxygen atoms in total. The molecule has 0 saturated heterocycles. The van der Waals surface area contributed by atoms with Gasteiger partial charge in [0.25, 0.3) is 0 Å². The first-order valence-electron chi connectivity index (χ1n) is 6.82. The van der Waals surface area contributed by atoms with Gasteiger partial charge in [0.15, 0.2) is 0 Å². The smallest absolute Gasteiger partial charge is 0.238 e. The second-order valence-corrected chi connectivity index (χ2v) is 5.73. The molecule has 4 heteroatoms. The highest BCUT2D eigenvalue weighted by molar-refractivity contribution is 9.10. The van der Waals surface area contributed by atoms with Crippen LogP contribution in [-0.2, 0) is 4.79 Å². The topological polar surface area (TPSA) is 41.1 Å². The van der Waals surface area contributed by atoms with E-state index in [1.54, 1.807) is 0 Å². The maximum Gasteiger partial charge on any atom is 0.238 e. The minimum Gasteiger partial charge on any atom is -0.324 e. The third-order valence-electron chi connectivity index (χ3n) is 3.37. The Labute approximate surface area is 127 Å². The fraction of sp³-hybridized carbons (Fsp3) is 0.312. The van der Waals surface area contributed by atoms with Gasteiger partial charge in [0.2, 0.25) is 5.91 Å². The van der Waals surface area contributed by atoms with Crippen LogP contribution in [0.1, 0.15) is 20.3 Å². The Hall–Kier alpha value is -1.39. The van der Waals surface area contributed by atoms with Gasteiger partial charge in [-0.2, -0.15) is 0 Å². The summed E-state index contributed by atoms with van der Waals surface area (Å²) in [6, 6.07) is 12.2. The summed E-state index contributed by atoms with van der Waals surface area (Å²) in [6.07, 6.45) is 1.01. The highest BCUT2D eigenvalue weighted by atomic mass is 79.9. The second kappa shape index (κ2) is 6.86. The summed E-state index contributed by atoms with van der Waals surface area (Å²) in [5.74, 6) is -0.0159. The average molecular weight is 335 g/mol. The van der Waals surface area contributed by atoms with Crippen LogP contribution in [0.2, 0.25) is 0 Å². The van der Waals surface area contributed by atoms with Crippen LogP contribution in [0.5, 0.6) is 0 Å². The molecule has 0 aliphatic carbocycles. The SMILES string of the molecule is CCC(C)NCC(=O)Nc1ccc(Br)c2ccccc12. The van der Waals surface area contributed by atoms with Crippen molar-refractivity contribution >= 4 is 38.3 Å². The van der Waals surface area contributed by atoms with Crippen LogP contribution in [0.15, 0.2) is 40.9 Å². The van der Waals surface area contributed by atoms with E-state index in [1.807, 2.05) is 36.4 Å². The zero-order chi connectivity index (χ0) is 14.5. The van der Waals surface area contributed by atoms with Crippen molar-refractivity contribution in [1.82, 2.24) is 5.32 Å². The molecule has 0 saturated carbocycles. The van der Waals surface area contributed by atoms with E-state index < -0.39 is 0 Å². The number of amides is 1. The summed E-state index contributed by atoms with van der Waals surface area (Å²) in [4.78, 5) is 12.0. The summed E-state index contributed by atoms with van der Waals surface area (Å²) in [7, 11) is 0.